The lowest BCUT2D eigenvalue weighted by molar-refractivity contribution is -0.121. The van der Waals surface area contributed by atoms with Crippen molar-refractivity contribution < 1.29 is 4.79 Å². The van der Waals surface area contributed by atoms with E-state index in [2.05, 4.69) is 36.2 Å². The largest absolute Gasteiger partial charge is 0.350 e. The molecule has 3 aromatic carbocycles. The zero-order valence-electron chi connectivity index (χ0n) is 18.7. The molecule has 5 nitrogen and oxygen atoms in total. The van der Waals surface area contributed by atoms with Crippen LogP contribution in [0.4, 0.5) is 0 Å². The normalized spacial score (nSPS) is 11.3. The lowest BCUT2D eigenvalue weighted by Gasteiger charge is -2.20. The molecular formula is C27H29N3O2. The number of carbonyl (C=O) groups excluding carboxylic acids is 1. The van der Waals surface area contributed by atoms with E-state index in [1.807, 2.05) is 65.2 Å². The molecule has 0 bridgehead atoms. The zero-order valence-corrected chi connectivity index (χ0v) is 18.7. The Morgan fingerprint density at radius 1 is 0.812 bits per heavy atom. The van der Waals surface area contributed by atoms with Gasteiger partial charge in [0.25, 0.3) is 0 Å². The maximum atomic E-state index is 13.0. The molecule has 32 heavy (non-hydrogen) atoms. The molecule has 4 aromatic rings. The third kappa shape index (κ3) is 4.43. The molecular weight excluding hydrogens is 398 g/mol. The van der Waals surface area contributed by atoms with Crippen molar-refractivity contribution >= 4 is 27.7 Å². The zero-order chi connectivity index (χ0) is 22.5. The Hall–Kier alpha value is -3.44. The lowest BCUT2D eigenvalue weighted by atomic mass is 10.1. The van der Waals surface area contributed by atoms with Gasteiger partial charge in [0.05, 0.1) is 11.0 Å². The van der Waals surface area contributed by atoms with Crippen LogP contribution in [0.2, 0.25) is 0 Å². The van der Waals surface area contributed by atoms with E-state index in [-0.39, 0.29) is 17.9 Å². The van der Waals surface area contributed by atoms with Gasteiger partial charge in [-0.25, -0.2) is 0 Å². The second-order valence-electron chi connectivity index (χ2n) is 7.96. The number of amides is 1. The van der Waals surface area contributed by atoms with Crippen molar-refractivity contribution in [2.24, 2.45) is 0 Å². The minimum Gasteiger partial charge on any atom is -0.350 e. The number of hydrogen-bond acceptors (Lipinski definition) is 3. The number of hydrogen-bond donors (Lipinski definition) is 1. The van der Waals surface area contributed by atoms with E-state index in [4.69, 9.17) is 0 Å². The van der Waals surface area contributed by atoms with Crippen LogP contribution in [0.25, 0.3) is 21.8 Å². The van der Waals surface area contributed by atoms with E-state index in [1.54, 1.807) is 0 Å². The summed E-state index contributed by atoms with van der Waals surface area (Å²) >= 11 is 0. The van der Waals surface area contributed by atoms with E-state index in [0.29, 0.717) is 17.3 Å². The highest BCUT2D eigenvalue weighted by molar-refractivity contribution is 5.94. The summed E-state index contributed by atoms with van der Waals surface area (Å²) in [7, 11) is 0. The highest BCUT2D eigenvalue weighted by Gasteiger charge is 2.13. The molecule has 4 rings (SSSR count). The predicted molar refractivity (Wildman–Crippen MR) is 131 cm³/mol. The van der Waals surface area contributed by atoms with Crippen molar-refractivity contribution in [2.45, 2.75) is 33.5 Å². The second-order valence-corrected chi connectivity index (χ2v) is 7.96. The summed E-state index contributed by atoms with van der Waals surface area (Å²) < 4.78 is 1.93. The van der Waals surface area contributed by atoms with Crippen molar-refractivity contribution in [3.05, 3.63) is 94.1 Å². The molecule has 164 valence electrons. The maximum absolute atomic E-state index is 13.0. The monoisotopic (exact) mass is 427 g/mol. The Morgan fingerprint density at radius 2 is 1.34 bits per heavy atom. The van der Waals surface area contributed by atoms with Gasteiger partial charge >= 0.3 is 0 Å². The number of nitrogens with one attached hydrogen (secondary N) is 1. The van der Waals surface area contributed by atoms with Crippen molar-refractivity contribution in [3.8, 4) is 0 Å². The first kappa shape index (κ1) is 21.8. The molecule has 1 aromatic heterocycles. The fourth-order valence-corrected chi connectivity index (χ4v) is 4.21. The first-order chi connectivity index (χ1) is 15.6. The molecule has 0 aliphatic rings. The minimum atomic E-state index is -0.0819. The Labute approximate surface area is 188 Å². The second kappa shape index (κ2) is 9.79. The number of rotatable bonds is 8. The highest BCUT2D eigenvalue weighted by atomic mass is 16.2. The third-order valence-corrected chi connectivity index (χ3v) is 6.06. The molecule has 0 aliphatic carbocycles. The lowest BCUT2D eigenvalue weighted by Crippen LogP contribution is -2.29. The SMILES string of the molecule is CCN(CC)Cc1ccccc1CNC(=O)Cn1c2ccccc2c(=O)c2ccccc21. The molecule has 0 aliphatic heterocycles. The van der Waals surface area contributed by atoms with Crippen molar-refractivity contribution in [3.63, 3.8) is 0 Å². The van der Waals surface area contributed by atoms with E-state index in [0.717, 1.165) is 36.2 Å². The molecule has 1 N–H and O–H groups in total. The number of nitrogens with zero attached hydrogens (tertiary/aromatic N) is 2. The molecule has 0 fully saturated rings. The Morgan fingerprint density at radius 3 is 1.94 bits per heavy atom. The van der Waals surface area contributed by atoms with Gasteiger partial charge in [0.2, 0.25) is 5.91 Å². The van der Waals surface area contributed by atoms with E-state index >= 15 is 0 Å². The van der Waals surface area contributed by atoms with Crippen molar-refractivity contribution in [2.75, 3.05) is 13.1 Å². The summed E-state index contributed by atoms with van der Waals surface area (Å²) in [4.78, 5) is 28.2. The van der Waals surface area contributed by atoms with Gasteiger partial charge in [0.15, 0.2) is 5.43 Å². The summed E-state index contributed by atoms with van der Waals surface area (Å²) in [5.41, 5.74) is 3.90. The number of carbonyl (C=O) groups is 1. The minimum absolute atomic E-state index is 0.00168. The van der Waals surface area contributed by atoms with Gasteiger partial charge in [-0.2, -0.15) is 0 Å². The highest BCUT2D eigenvalue weighted by Crippen LogP contribution is 2.19. The standard InChI is InChI=1S/C27H29N3O2/c1-3-29(4-2)18-21-12-6-5-11-20(21)17-28-26(31)19-30-24-15-9-7-13-22(24)27(32)23-14-8-10-16-25(23)30/h5-16H,3-4,17-19H2,1-2H3,(H,28,31). The van der Waals surface area contributed by atoms with Crippen LogP contribution >= 0.6 is 0 Å². The number of para-hydroxylation sites is 2. The molecule has 1 heterocycles. The number of benzene rings is 3. The molecule has 1 amide bonds. The Balaban J connectivity index is 1.59. The average Bonchev–Trinajstić information content (AvgIpc) is 2.84. The first-order valence-electron chi connectivity index (χ1n) is 11.2. The van der Waals surface area contributed by atoms with Gasteiger partial charge < -0.3 is 9.88 Å². The van der Waals surface area contributed by atoms with Gasteiger partial charge in [0.1, 0.15) is 6.54 Å². The fraction of sp³-hybridized carbons (Fsp3) is 0.259. The number of fused-ring (bicyclic) bond motifs is 2. The van der Waals surface area contributed by atoms with Crippen LogP contribution < -0.4 is 10.7 Å². The van der Waals surface area contributed by atoms with E-state index in [9.17, 15) is 9.59 Å². The summed E-state index contributed by atoms with van der Waals surface area (Å²) in [5, 5.41) is 4.34. The summed E-state index contributed by atoms with van der Waals surface area (Å²) in [5.74, 6) is -0.0819. The Kier molecular flexibility index (Phi) is 6.66. The van der Waals surface area contributed by atoms with E-state index < -0.39 is 0 Å². The van der Waals surface area contributed by atoms with Gasteiger partial charge in [-0.3, -0.25) is 14.5 Å². The van der Waals surface area contributed by atoms with Gasteiger partial charge in [0, 0.05) is 23.9 Å². The quantitative estimate of drug-likeness (QED) is 0.426. The maximum Gasteiger partial charge on any atom is 0.240 e. The van der Waals surface area contributed by atoms with Gasteiger partial charge in [-0.15, -0.1) is 0 Å². The van der Waals surface area contributed by atoms with Gasteiger partial charge in [-0.1, -0.05) is 62.4 Å². The Bertz CT molecular complexity index is 1250. The smallest absolute Gasteiger partial charge is 0.240 e. The average molecular weight is 428 g/mol. The molecule has 0 saturated heterocycles. The first-order valence-corrected chi connectivity index (χ1v) is 11.2. The van der Waals surface area contributed by atoms with Gasteiger partial charge in [-0.05, 0) is 48.5 Å². The molecule has 0 spiro atoms. The topological polar surface area (TPSA) is 54.3 Å². The third-order valence-electron chi connectivity index (χ3n) is 6.06. The summed E-state index contributed by atoms with van der Waals surface area (Å²) in [6.07, 6.45) is 0. The van der Waals surface area contributed by atoms with Crippen LogP contribution in [-0.2, 0) is 24.4 Å². The molecule has 0 saturated carbocycles. The van der Waals surface area contributed by atoms with Crippen molar-refractivity contribution in [1.29, 1.82) is 0 Å². The number of aromatic nitrogens is 1. The molecule has 0 atom stereocenters. The molecule has 0 unspecified atom stereocenters. The van der Waals surface area contributed by atoms with Crippen LogP contribution in [-0.4, -0.2) is 28.5 Å². The predicted octanol–water partition coefficient (Wildman–Crippen LogP) is 4.31. The van der Waals surface area contributed by atoms with Crippen LogP contribution in [0, 0.1) is 0 Å². The molecule has 0 radical (unpaired) electrons. The van der Waals surface area contributed by atoms with Crippen LogP contribution in [0.5, 0.6) is 0 Å². The van der Waals surface area contributed by atoms with Crippen LogP contribution in [0.15, 0.2) is 77.6 Å². The number of pyridine rings is 1. The van der Waals surface area contributed by atoms with Crippen LogP contribution in [0.1, 0.15) is 25.0 Å². The summed E-state index contributed by atoms with van der Waals surface area (Å²) in [6, 6.07) is 23.2. The summed E-state index contributed by atoms with van der Waals surface area (Å²) in [6.45, 7) is 7.80. The van der Waals surface area contributed by atoms with E-state index in [1.165, 1.54) is 5.56 Å². The fourth-order valence-electron chi connectivity index (χ4n) is 4.21. The van der Waals surface area contributed by atoms with Crippen LogP contribution in [0.3, 0.4) is 0 Å². The molecule has 5 heteroatoms. The van der Waals surface area contributed by atoms with Crippen molar-refractivity contribution in [1.82, 2.24) is 14.8 Å².